The highest BCUT2D eigenvalue weighted by Crippen LogP contribution is 2.15. The van der Waals surface area contributed by atoms with Gasteiger partial charge in [-0.2, -0.15) is 10.1 Å². The zero-order valence-electron chi connectivity index (χ0n) is 11.9. The van der Waals surface area contributed by atoms with Crippen molar-refractivity contribution >= 4 is 18.2 Å². The third-order valence-corrected chi connectivity index (χ3v) is 3.85. The molecule has 1 atom stereocenters. The third-order valence-electron chi connectivity index (χ3n) is 3.85. The van der Waals surface area contributed by atoms with Crippen molar-refractivity contribution in [1.82, 2.24) is 20.1 Å². The number of carbonyl (C=O) groups is 1. The third kappa shape index (κ3) is 3.57. The molecule has 0 saturated carbocycles. The standard InChI is InChI=1S/C13H20N6O2/c20-10-18-3-5-19(6-4-18)12-9-15-17-13(16-12)14-8-11-2-1-7-21-11/h9-11H,1-8H2,(H,14,16,17). The first-order valence-corrected chi connectivity index (χ1v) is 7.34. The van der Waals surface area contributed by atoms with Crippen LogP contribution in [0.4, 0.5) is 11.8 Å². The molecule has 8 heteroatoms. The van der Waals surface area contributed by atoms with Crippen LogP contribution >= 0.6 is 0 Å². The lowest BCUT2D eigenvalue weighted by Crippen LogP contribution is -2.46. The maximum Gasteiger partial charge on any atom is 0.244 e. The van der Waals surface area contributed by atoms with E-state index in [1.165, 1.54) is 0 Å². The number of rotatable bonds is 5. The maximum atomic E-state index is 10.7. The monoisotopic (exact) mass is 292 g/mol. The van der Waals surface area contributed by atoms with Crippen molar-refractivity contribution in [3.63, 3.8) is 0 Å². The quantitative estimate of drug-likeness (QED) is 0.749. The molecule has 0 aliphatic carbocycles. The zero-order valence-corrected chi connectivity index (χ0v) is 11.9. The summed E-state index contributed by atoms with van der Waals surface area (Å²) in [6, 6.07) is 0. The van der Waals surface area contributed by atoms with E-state index in [2.05, 4.69) is 25.4 Å². The SMILES string of the molecule is O=CN1CCN(c2cnnc(NCC3CCCO3)n2)CC1. The van der Waals surface area contributed by atoms with Crippen molar-refractivity contribution in [3.05, 3.63) is 6.20 Å². The van der Waals surface area contributed by atoms with Crippen LogP contribution < -0.4 is 10.2 Å². The molecule has 1 aromatic rings. The number of ether oxygens (including phenoxy) is 1. The predicted molar refractivity (Wildman–Crippen MR) is 77.1 cm³/mol. The molecule has 2 fully saturated rings. The van der Waals surface area contributed by atoms with E-state index in [1.54, 1.807) is 11.1 Å². The Bertz CT molecular complexity index is 471. The number of amides is 1. The Balaban J connectivity index is 1.56. The lowest BCUT2D eigenvalue weighted by atomic mass is 10.2. The molecular weight excluding hydrogens is 272 g/mol. The number of hydrogen-bond donors (Lipinski definition) is 1. The molecule has 2 aliphatic rings. The van der Waals surface area contributed by atoms with Crippen LogP contribution in [0.3, 0.4) is 0 Å². The van der Waals surface area contributed by atoms with Crippen LogP contribution in [-0.2, 0) is 9.53 Å². The van der Waals surface area contributed by atoms with Gasteiger partial charge in [0.15, 0.2) is 5.82 Å². The number of anilines is 2. The minimum absolute atomic E-state index is 0.244. The number of carbonyl (C=O) groups excluding carboxylic acids is 1. The predicted octanol–water partition coefficient (Wildman–Crippen LogP) is -0.259. The topological polar surface area (TPSA) is 83.5 Å². The summed E-state index contributed by atoms with van der Waals surface area (Å²) in [7, 11) is 0. The molecule has 3 rings (SSSR count). The van der Waals surface area contributed by atoms with E-state index in [0.717, 1.165) is 44.8 Å². The van der Waals surface area contributed by atoms with Crippen molar-refractivity contribution in [3.8, 4) is 0 Å². The average molecular weight is 292 g/mol. The average Bonchev–Trinajstić information content (AvgIpc) is 3.07. The molecule has 3 heterocycles. The molecule has 0 bridgehead atoms. The number of nitrogens with one attached hydrogen (secondary N) is 1. The van der Waals surface area contributed by atoms with E-state index >= 15 is 0 Å². The van der Waals surface area contributed by atoms with Gasteiger partial charge in [0.25, 0.3) is 0 Å². The first kappa shape index (κ1) is 14.0. The number of nitrogens with zero attached hydrogens (tertiary/aromatic N) is 5. The van der Waals surface area contributed by atoms with Crippen LogP contribution in [0.15, 0.2) is 6.20 Å². The smallest absolute Gasteiger partial charge is 0.244 e. The summed E-state index contributed by atoms with van der Waals surface area (Å²) in [5, 5.41) is 11.2. The van der Waals surface area contributed by atoms with E-state index in [-0.39, 0.29) is 6.10 Å². The van der Waals surface area contributed by atoms with Gasteiger partial charge < -0.3 is 19.9 Å². The van der Waals surface area contributed by atoms with Gasteiger partial charge in [-0.25, -0.2) is 0 Å². The first-order chi connectivity index (χ1) is 10.3. The molecular formula is C13H20N6O2. The van der Waals surface area contributed by atoms with Gasteiger partial charge in [-0.3, -0.25) is 4.79 Å². The summed E-state index contributed by atoms with van der Waals surface area (Å²) in [5.74, 6) is 1.33. The van der Waals surface area contributed by atoms with Crippen molar-refractivity contribution in [1.29, 1.82) is 0 Å². The van der Waals surface area contributed by atoms with Gasteiger partial charge in [-0.15, -0.1) is 5.10 Å². The van der Waals surface area contributed by atoms with E-state index in [0.29, 0.717) is 25.6 Å². The summed E-state index contributed by atoms with van der Waals surface area (Å²) in [6.45, 7) is 4.51. The van der Waals surface area contributed by atoms with Crippen molar-refractivity contribution < 1.29 is 9.53 Å². The fraction of sp³-hybridized carbons (Fsp3) is 0.692. The summed E-state index contributed by atoms with van der Waals surface area (Å²) in [5.41, 5.74) is 0. The normalized spacial score (nSPS) is 22.4. The Kier molecular flexibility index (Phi) is 4.44. The fourth-order valence-corrected chi connectivity index (χ4v) is 2.59. The number of piperazine rings is 1. The molecule has 1 N–H and O–H groups in total. The van der Waals surface area contributed by atoms with Crippen molar-refractivity contribution in [2.45, 2.75) is 18.9 Å². The van der Waals surface area contributed by atoms with Crippen molar-refractivity contribution in [2.75, 3.05) is 49.5 Å². The highest BCUT2D eigenvalue weighted by Gasteiger charge is 2.18. The van der Waals surface area contributed by atoms with Crippen LogP contribution in [0, 0.1) is 0 Å². The number of hydrogen-bond acceptors (Lipinski definition) is 7. The van der Waals surface area contributed by atoms with Crippen LogP contribution in [0.25, 0.3) is 0 Å². The van der Waals surface area contributed by atoms with Gasteiger partial charge in [-0.05, 0) is 12.8 Å². The Labute approximate surface area is 123 Å². The summed E-state index contributed by atoms with van der Waals surface area (Å²) < 4.78 is 5.56. The molecule has 8 nitrogen and oxygen atoms in total. The highest BCUT2D eigenvalue weighted by molar-refractivity contribution is 5.49. The molecule has 2 aliphatic heterocycles. The first-order valence-electron chi connectivity index (χ1n) is 7.34. The lowest BCUT2D eigenvalue weighted by molar-refractivity contribution is -0.118. The highest BCUT2D eigenvalue weighted by atomic mass is 16.5. The van der Waals surface area contributed by atoms with E-state index in [9.17, 15) is 4.79 Å². The van der Waals surface area contributed by atoms with Gasteiger partial charge in [0.05, 0.1) is 12.3 Å². The second-order valence-corrected chi connectivity index (χ2v) is 5.28. The molecule has 0 aromatic carbocycles. The molecule has 21 heavy (non-hydrogen) atoms. The molecule has 2 saturated heterocycles. The largest absolute Gasteiger partial charge is 0.376 e. The molecule has 0 radical (unpaired) electrons. The molecule has 1 aromatic heterocycles. The lowest BCUT2D eigenvalue weighted by Gasteiger charge is -2.33. The Morgan fingerprint density at radius 1 is 1.38 bits per heavy atom. The summed E-state index contributed by atoms with van der Waals surface area (Å²) >= 11 is 0. The molecule has 1 amide bonds. The van der Waals surface area contributed by atoms with E-state index in [4.69, 9.17) is 4.74 Å². The number of aromatic nitrogens is 3. The maximum absolute atomic E-state index is 10.7. The fourth-order valence-electron chi connectivity index (χ4n) is 2.59. The van der Waals surface area contributed by atoms with Gasteiger partial charge in [0.2, 0.25) is 12.4 Å². The summed E-state index contributed by atoms with van der Waals surface area (Å²) in [6.07, 6.45) is 4.99. The molecule has 0 spiro atoms. The Morgan fingerprint density at radius 3 is 2.95 bits per heavy atom. The van der Waals surface area contributed by atoms with Crippen molar-refractivity contribution in [2.24, 2.45) is 0 Å². The van der Waals surface area contributed by atoms with Gasteiger partial charge >= 0.3 is 0 Å². The van der Waals surface area contributed by atoms with Crippen LogP contribution in [0.5, 0.6) is 0 Å². The second-order valence-electron chi connectivity index (χ2n) is 5.28. The Morgan fingerprint density at radius 2 is 2.24 bits per heavy atom. The van der Waals surface area contributed by atoms with Gasteiger partial charge in [-0.1, -0.05) is 0 Å². The van der Waals surface area contributed by atoms with E-state index < -0.39 is 0 Å². The molecule has 1 unspecified atom stereocenters. The zero-order chi connectivity index (χ0) is 14.5. The van der Waals surface area contributed by atoms with Crippen LogP contribution in [-0.4, -0.2) is 71.9 Å². The van der Waals surface area contributed by atoms with Gasteiger partial charge in [0, 0.05) is 39.3 Å². The van der Waals surface area contributed by atoms with Gasteiger partial charge in [0.1, 0.15) is 0 Å². The van der Waals surface area contributed by atoms with E-state index in [1.807, 2.05) is 0 Å². The Hall–Kier alpha value is -1.96. The second kappa shape index (κ2) is 6.66. The van der Waals surface area contributed by atoms with Crippen LogP contribution in [0.2, 0.25) is 0 Å². The summed E-state index contributed by atoms with van der Waals surface area (Å²) in [4.78, 5) is 19.1. The minimum atomic E-state index is 0.244. The minimum Gasteiger partial charge on any atom is -0.376 e. The molecule has 114 valence electrons. The van der Waals surface area contributed by atoms with Crippen LogP contribution in [0.1, 0.15) is 12.8 Å².